The van der Waals surface area contributed by atoms with Gasteiger partial charge in [0.25, 0.3) is 5.91 Å². The van der Waals surface area contributed by atoms with Gasteiger partial charge in [0.1, 0.15) is 0 Å². The number of hydrogen-bond donors (Lipinski definition) is 1. The molecule has 1 aliphatic rings. The van der Waals surface area contributed by atoms with Gasteiger partial charge in [-0.1, -0.05) is 67.8 Å². The van der Waals surface area contributed by atoms with E-state index in [1.54, 1.807) is 13.0 Å². The molecule has 3 aromatic rings. The van der Waals surface area contributed by atoms with Crippen molar-refractivity contribution in [3.8, 4) is 0 Å². The summed E-state index contributed by atoms with van der Waals surface area (Å²) in [5.74, 6) is -1.36. The number of alkyl halides is 6. The Kier molecular flexibility index (Phi) is 9.33. The summed E-state index contributed by atoms with van der Waals surface area (Å²) in [4.78, 5) is 27.6. The number of hydrogen-bond acceptors (Lipinski definition) is 2. The molecule has 0 radical (unpaired) electrons. The minimum atomic E-state index is -5.09. The number of carbonyl (C=O) groups is 2. The molecule has 42 heavy (non-hydrogen) atoms. The fourth-order valence-corrected chi connectivity index (χ4v) is 5.26. The summed E-state index contributed by atoms with van der Waals surface area (Å²) >= 11 is 0. The van der Waals surface area contributed by atoms with Crippen molar-refractivity contribution < 1.29 is 35.9 Å². The van der Waals surface area contributed by atoms with Gasteiger partial charge in [-0.15, -0.1) is 0 Å². The molecule has 4 rings (SSSR count). The lowest BCUT2D eigenvalue weighted by Gasteiger charge is -2.28. The first-order valence-electron chi connectivity index (χ1n) is 13.8. The van der Waals surface area contributed by atoms with Crippen molar-refractivity contribution >= 4 is 22.6 Å². The Morgan fingerprint density at radius 2 is 1.48 bits per heavy atom. The Bertz CT molecular complexity index is 1440. The first kappa shape index (κ1) is 31.1. The molecular formula is C32H32F6N2O2. The number of carbonyl (C=O) groups excluding carboxylic acids is 2. The first-order valence-corrected chi connectivity index (χ1v) is 13.8. The molecule has 1 atom stereocenters. The van der Waals surface area contributed by atoms with E-state index < -0.39 is 41.0 Å². The molecule has 10 heteroatoms. The van der Waals surface area contributed by atoms with Gasteiger partial charge >= 0.3 is 12.4 Å². The van der Waals surface area contributed by atoms with Crippen molar-refractivity contribution in [2.45, 2.75) is 69.9 Å². The van der Waals surface area contributed by atoms with E-state index in [0.717, 1.165) is 53.3 Å². The van der Waals surface area contributed by atoms with Crippen molar-refractivity contribution in [1.82, 2.24) is 10.2 Å². The predicted molar refractivity (Wildman–Crippen MR) is 149 cm³/mol. The number of rotatable bonds is 7. The molecular weight excluding hydrogens is 558 g/mol. The number of amides is 2. The summed E-state index contributed by atoms with van der Waals surface area (Å²) in [7, 11) is 1.31. The van der Waals surface area contributed by atoms with E-state index in [4.69, 9.17) is 0 Å². The number of halogens is 6. The van der Waals surface area contributed by atoms with Crippen molar-refractivity contribution in [3.05, 3.63) is 94.6 Å². The van der Waals surface area contributed by atoms with E-state index in [-0.39, 0.29) is 24.4 Å². The molecule has 0 aromatic heterocycles. The molecule has 1 aliphatic carbocycles. The van der Waals surface area contributed by atoms with Crippen molar-refractivity contribution in [2.75, 3.05) is 7.05 Å². The van der Waals surface area contributed by atoms with E-state index in [1.807, 2.05) is 42.5 Å². The Hall–Kier alpha value is -3.82. The molecule has 1 fully saturated rings. The monoisotopic (exact) mass is 590 g/mol. The Morgan fingerprint density at radius 1 is 0.881 bits per heavy atom. The zero-order valence-electron chi connectivity index (χ0n) is 23.3. The second-order valence-corrected chi connectivity index (χ2v) is 10.8. The summed E-state index contributed by atoms with van der Waals surface area (Å²) in [6, 6.07) is 13.2. The van der Waals surface area contributed by atoms with Gasteiger partial charge < -0.3 is 10.2 Å². The molecule has 0 aliphatic heterocycles. The third-order valence-corrected chi connectivity index (χ3v) is 7.65. The molecule has 4 nitrogen and oxygen atoms in total. The largest absolute Gasteiger partial charge is 0.416 e. The van der Waals surface area contributed by atoms with Gasteiger partial charge in [-0.25, -0.2) is 0 Å². The van der Waals surface area contributed by atoms with Crippen LogP contribution in [0.4, 0.5) is 26.3 Å². The maximum absolute atomic E-state index is 13.5. The van der Waals surface area contributed by atoms with Gasteiger partial charge in [0.05, 0.1) is 17.2 Å². The predicted octanol–water partition coefficient (Wildman–Crippen LogP) is 7.96. The highest BCUT2D eigenvalue weighted by atomic mass is 19.4. The summed E-state index contributed by atoms with van der Waals surface area (Å²) in [6.07, 6.45) is -3.63. The number of likely N-dealkylation sites (N-methyl/N-ethyl adjacent to an activating group) is 1. The highest BCUT2D eigenvalue weighted by Gasteiger charge is 2.38. The molecule has 0 heterocycles. The van der Waals surface area contributed by atoms with E-state index in [2.05, 4.69) is 5.32 Å². The number of nitrogens with zero attached hydrogens (tertiary/aromatic N) is 1. The zero-order chi connectivity index (χ0) is 30.7. The Balaban J connectivity index is 1.69. The van der Waals surface area contributed by atoms with Crippen LogP contribution in [0.25, 0.3) is 10.8 Å². The van der Waals surface area contributed by atoms with Crippen LogP contribution in [-0.4, -0.2) is 35.8 Å². The quantitative estimate of drug-likeness (QED) is 0.224. The number of benzene rings is 3. The number of nitrogens with one attached hydrogen (secondary N) is 1. The fraction of sp³-hybridized carbons (Fsp3) is 0.375. The van der Waals surface area contributed by atoms with Crippen LogP contribution in [0.15, 0.2) is 72.3 Å². The molecule has 2 amide bonds. The van der Waals surface area contributed by atoms with Gasteiger partial charge in [0.15, 0.2) is 0 Å². The average molecular weight is 591 g/mol. The van der Waals surface area contributed by atoms with Gasteiger partial charge in [-0.05, 0) is 60.7 Å². The average Bonchev–Trinajstić information content (AvgIpc) is 2.95. The van der Waals surface area contributed by atoms with E-state index in [0.29, 0.717) is 17.7 Å². The summed E-state index contributed by atoms with van der Waals surface area (Å²) in [6.45, 7) is 1.58. The van der Waals surface area contributed by atoms with E-state index in [9.17, 15) is 35.9 Å². The Morgan fingerprint density at radius 3 is 2.07 bits per heavy atom. The van der Waals surface area contributed by atoms with Crippen molar-refractivity contribution in [2.24, 2.45) is 0 Å². The number of fused-ring (bicyclic) bond motifs is 1. The summed E-state index contributed by atoms with van der Waals surface area (Å²) in [5.41, 5.74) is -2.82. The standard InChI is InChI=1S/C32H32F6N2O2/c1-20(29(41)39-27-10-4-3-5-11-27)14-28(16-21-12-13-22-8-6-7-9-23(22)15-21)40(2)30(42)24-17-25(31(33,34)35)19-26(18-24)32(36,37)38/h6-9,12-15,17-19,27-28H,3-5,10-11,16H2,1-2H3,(H,39,41). The Labute approximate surface area is 240 Å². The molecule has 224 valence electrons. The van der Waals surface area contributed by atoms with Crippen molar-refractivity contribution in [3.63, 3.8) is 0 Å². The lowest BCUT2D eigenvalue weighted by atomic mass is 9.95. The van der Waals surface area contributed by atoms with E-state index in [1.165, 1.54) is 7.05 Å². The SMILES string of the molecule is CC(=CC(Cc1ccc2ccccc2c1)N(C)C(=O)c1cc(C(F)(F)F)cc(C(F)(F)F)c1)C(=O)NC1CCCCC1. The van der Waals surface area contributed by atoms with Crippen LogP contribution in [0.2, 0.25) is 0 Å². The van der Waals surface area contributed by atoms with Crippen LogP contribution in [0.1, 0.15) is 66.1 Å². The van der Waals surface area contributed by atoms with Gasteiger partial charge in [0, 0.05) is 24.2 Å². The smallest absolute Gasteiger partial charge is 0.350 e. The fourth-order valence-electron chi connectivity index (χ4n) is 5.26. The maximum Gasteiger partial charge on any atom is 0.416 e. The second kappa shape index (κ2) is 12.6. The van der Waals surface area contributed by atoms with Crippen LogP contribution in [0.5, 0.6) is 0 Å². The normalized spacial score (nSPS) is 15.9. The topological polar surface area (TPSA) is 49.4 Å². The molecule has 0 bridgehead atoms. The van der Waals surface area contributed by atoms with Crippen LogP contribution in [-0.2, 0) is 23.6 Å². The summed E-state index contributed by atoms with van der Waals surface area (Å²) < 4.78 is 80.9. The highest BCUT2D eigenvalue weighted by Crippen LogP contribution is 2.36. The molecule has 3 aromatic carbocycles. The lowest BCUT2D eigenvalue weighted by molar-refractivity contribution is -0.143. The third-order valence-electron chi connectivity index (χ3n) is 7.65. The van der Waals surface area contributed by atoms with Crippen LogP contribution in [0.3, 0.4) is 0 Å². The van der Waals surface area contributed by atoms with Gasteiger partial charge in [-0.2, -0.15) is 26.3 Å². The van der Waals surface area contributed by atoms with E-state index >= 15 is 0 Å². The van der Waals surface area contributed by atoms with Crippen LogP contribution < -0.4 is 5.32 Å². The van der Waals surface area contributed by atoms with Gasteiger partial charge in [0.2, 0.25) is 5.91 Å². The van der Waals surface area contributed by atoms with Crippen LogP contribution in [0, 0.1) is 0 Å². The van der Waals surface area contributed by atoms with Gasteiger partial charge in [-0.3, -0.25) is 9.59 Å². The minimum absolute atomic E-state index is 0.0109. The maximum atomic E-state index is 13.5. The first-order chi connectivity index (χ1) is 19.7. The molecule has 0 saturated heterocycles. The summed E-state index contributed by atoms with van der Waals surface area (Å²) in [5, 5.41) is 4.90. The second-order valence-electron chi connectivity index (χ2n) is 10.8. The molecule has 1 unspecified atom stereocenters. The third kappa shape index (κ3) is 7.72. The minimum Gasteiger partial charge on any atom is -0.350 e. The highest BCUT2D eigenvalue weighted by molar-refractivity contribution is 5.96. The molecule has 1 N–H and O–H groups in total. The van der Waals surface area contributed by atoms with Crippen LogP contribution >= 0.6 is 0 Å². The molecule has 1 saturated carbocycles. The van der Waals surface area contributed by atoms with Crippen molar-refractivity contribution in [1.29, 1.82) is 0 Å². The zero-order valence-corrected chi connectivity index (χ0v) is 23.3. The molecule has 0 spiro atoms. The lowest BCUT2D eigenvalue weighted by Crippen LogP contribution is -2.40.